The predicted octanol–water partition coefficient (Wildman–Crippen LogP) is 3.89. The zero-order valence-corrected chi connectivity index (χ0v) is 7.62. The Morgan fingerprint density at radius 3 is 2.33 bits per heavy atom. The lowest BCUT2D eigenvalue weighted by molar-refractivity contribution is 0.150. The molecule has 12 heavy (non-hydrogen) atoms. The van der Waals surface area contributed by atoms with Crippen molar-refractivity contribution in [3.63, 3.8) is 0 Å². The second-order valence-corrected chi connectivity index (χ2v) is 3.17. The van der Waals surface area contributed by atoms with Crippen LogP contribution < -0.4 is 0 Å². The summed E-state index contributed by atoms with van der Waals surface area (Å²) in [5.41, 5.74) is 1.26. The monoisotopic (exact) mass is 190 g/mol. The van der Waals surface area contributed by atoms with Gasteiger partial charge in [0, 0.05) is 10.6 Å². The number of hydrogen-bond donors (Lipinski definition) is 0. The van der Waals surface area contributed by atoms with Crippen LogP contribution in [0.25, 0.3) is 0 Å². The molecule has 0 amide bonds. The van der Waals surface area contributed by atoms with Crippen LogP contribution in [0.4, 0.5) is 8.78 Å². The fourth-order valence-corrected chi connectivity index (χ4v) is 1.35. The summed E-state index contributed by atoms with van der Waals surface area (Å²) in [7, 11) is 0. The maximum atomic E-state index is 12.3. The van der Waals surface area contributed by atoms with Crippen molar-refractivity contribution in [1.29, 1.82) is 0 Å². The zero-order valence-electron chi connectivity index (χ0n) is 6.87. The number of halogens is 3. The third-order valence-electron chi connectivity index (χ3n) is 1.76. The molecule has 1 rings (SSSR count). The van der Waals surface area contributed by atoms with Gasteiger partial charge in [-0.2, -0.15) is 0 Å². The molecule has 3 heteroatoms. The Bertz CT molecular complexity index is 295. The van der Waals surface area contributed by atoms with E-state index in [-0.39, 0.29) is 5.56 Å². The van der Waals surface area contributed by atoms with Crippen molar-refractivity contribution in [2.75, 3.05) is 0 Å². The molecule has 0 spiro atoms. The average molecular weight is 191 g/mol. The molecule has 0 atom stereocenters. The number of benzene rings is 1. The van der Waals surface area contributed by atoms with Gasteiger partial charge in [-0.15, -0.1) is 0 Å². The van der Waals surface area contributed by atoms with Crippen molar-refractivity contribution < 1.29 is 8.78 Å². The molecule has 0 aliphatic carbocycles. The first kappa shape index (κ1) is 9.46. The number of hydrogen-bond acceptors (Lipinski definition) is 0. The van der Waals surface area contributed by atoms with Crippen LogP contribution >= 0.6 is 11.6 Å². The van der Waals surface area contributed by atoms with Crippen LogP contribution in [0.1, 0.15) is 23.1 Å². The number of alkyl halides is 2. The van der Waals surface area contributed by atoms with Gasteiger partial charge in [-0.05, 0) is 31.0 Å². The number of rotatable bonds is 1. The molecular formula is C9H9ClF2. The minimum atomic E-state index is -2.44. The Hall–Kier alpha value is -0.630. The maximum Gasteiger partial charge on any atom is 0.264 e. The predicted molar refractivity (Wildman–Crippen MR) is 45.9 cm³/mol. The minimum Gasteiger partial charge on any atom is -0.205 e. The minimum absolute atomic E-state index is 0.0278. The van der Waals surface area contributed by atoms with Crippen LogP contribution in [0, 0.1) is 13.8 Å². The summed E-state index contributed by atoms with van der Waals surface area (Å²) >= 11 is 5.73. The SMILES string of the molecule is Cc1cc(Cl)c(C)c(C(F)F)c1. The van der Waals surface area contributed by atoms with Crippen molar-refractivity contribution in [2.24, 2.45) is 0 Å². The molecule has 0 heterocycles. The fraction of sp³-hybridized carbons (Fsp3) is 0.333. The molecule has 66 valence electrons. The van der Waals surface area contributed by atoms with Gasteiger partial charge in [0.1, 0.15) is 0 Å². The molecule has 1 aromatic carbocycles. The normalized spacial score (nSPS) is 10.8. The smallest absolute Gasteiger partial charge is 0.205 e. The Morgan fingerprint density at radius 2 is 1.83 bits per heavy atom. The van der Waals surface area contributed by atoms with Gasteiger partial charge in [0.05, 0.1) is 0 Å². The van der Waals surface area contributed by atoms with Crippen molar-refractivity contribution in [1.82, 2.24) is 0 Å². The molecule has 0 radical (unpaired) electrons. The largest absolute Gasteiger partial charge is 0.264 e. The van der Waals surface area contributed by atoms with Gasteiger partial charge in [-0.25, -0.2) is 8.78 Å². The van der Waals surface area contributed by atoms with E-state index < -0.39 is 6.43 Å². The fourth-order valence-electron chi connectivity index (χ4n) is 1.07. The summed E-state index contributed by atoms with van der Waals surface area (Å²) in [4.78, 5) is 0. The topological polar surface area (TPSA) is 0 Å². The number of aryl methyl sites for hydroxylation is 1. The van der Waals surface area contributed by atoms with Gasteiger partial charge in [-0.3, -0.25) is 0 Å². The van der Waals surface area contributed by atoms with Crippen LogP contribution in [0.2, 0.25) is 5.02 Å². The zero-order chi connectivity index (χ0) is 9.30. The van der Waals surface area contributed by atoms with E-state index in [1.807, 2.05) is 0 Å². The molecule has 0 aliphatic heterocycles. The summed E-state index contributed by atoms with van der Waals surface area (Å²) in [6.45, 7) is 3.35. The van der Waals surface area contributed by atoms with Crippen molar-refractivity contribution in [3.8, 4) is 0 Å². The highest BCUT2D eigenvalue weighted by molar-refractivity contribution is 6.31. The molecule has 0 N–H and O–H groups in total. The van der Waals surface area contributed by atoms with Gasteiger partial charge in [-0.1, -0.05) is 17.7 Å². The van der Waals surface area contributed by atoms with Crippen molar-refractivity contribution in [3.05, 3.63) is 33.8 Å². The molecule has 1 aromatic rings. The van der Waals surface area contributed by atoms with Crippen LogP contribution in [0.5, 0.6) is 0 Å². The third-order valence-corrected chi connectivity index (χ3v) is 2.16. The van der Waals surface area contributed by atoms with E-state index in [0.29, 0.717) is 10.6 Å². The molecule has 0 saturated heterocycles. The Balaban J connectivity index is 3.28. The van der Waals surface area contributed by atoms with E-state index in [0.717, 1.165) is 5.56 Å². The molecule has 0 aromatic heterocycles. The van der Waals surface area contributed by atoms with Gasteiger partial charge in [0.15, 0.2) is 0 Å². The summed E-state index contributed by atoms with van der Waals surface area (Å²) in [5.74, 6) is 0. The second kappa shape index (κ2) is 3.40. The highest BCUT2D eigenvalue weighted by atomic mass is 35.5. The highest BCUT2D eigenvalue weighted by Crippen LogP contribution is 2.28. The Labute approximate surface area is 75.2 Å². The summed E-state index contributed by atoms with van der Waals surface area (Å²) < 4.78 is 24.7. The van der Waals surface area contributed by atoms with E-state index in [4.69, 9.17) is 11.6 Å². The molecule has 0 unspecified atom stereocenters. The second-order valence-electron chi connectivity index (χ2n) is 2.76. The van der Waals surface area contributed by atoms with Crippen LogP contribution in [0.3, 0.4) is 0 Å². The van der Waals surface area contributed by atoms with E-state index in [2.05, 4.69) is 0 Å². The summed E-state index contributed by atoms with van der Waals surface area (Å²) in [6.07, 6.45) is -2.44. The van der Waals surface area contributed by atoms with Gasteiger partial charge in [0.2, 0.25) is 0 Å². The maximum absolute atomic E-state index is 12.3. The first-order chi connectivity index (χ1) is 5.52. The van der Waals surface area contributed by atoms with E-state index >= 15 is 0 Å². The van der Waals surface area contributed by atoms with Crippen LogP contribution in [0.15, 0.2) is 12.1 Å². The molecule has 0 saturated carbocycles. The van der Waals surface area contributed by atoms with Crippen molar-refractivity contribution >= 4 is 11.6 Å². The third kappa shape index (κ3) is 1.75. The first-order valence-corrected chi connectivity index (χ1v) is 3.95. The lowest BCUT2D eigenvalue weighted by Crippen LogP contribution is -1.91. The highest BCUT2D eigenvalue weighted by Gasteiger charge is 2.12. The Kier molecular flexibility index (Phi) is 2.68. The molecule has 0 aliphatic rings. The van der Waals surface area contributed by atoms with Crippen LogP contribution in [-0.2, 0) is 0 Å². The van der Waals surface area contributed by atoms with E-state index in [1.165, 1.54) is 6.07 Å². The van der Waals surface area contributed by atoms with E-state index in [9.17, 15) is 8.78 Å². The quantitative estimate of drug-likeness (QED) is 0.630. The van der Waals surface area contributed by atoms with Crippen LogP contribution in [-0.4, -0.2) is 0 Å². The molecule has 0 bridgehead atoms. The lowest BCUT2D eigenvalue weighted by atomic mass is 10.1. The average Bonchev–Trinajstić information content (AvgIpc) is 1.96. The standard InChI is InChI=1S/C9H9ClF2/c1-5-3-7(9(11)12)6(2)8(10)4-5/h3-4,9H,1-2H3. The Morgan fingerprint density at radius 1 is 1.25 bits per heavy atom. The summed E-state index contributed by atoms with van der Waals surface area (Å²) in [5, 5.41) is 0.408. The van der Waals surface area contributed by atoms with Crippen molar-refractivity contribution in [2.45, 2.75) is 20.3 Å². The van der Waals surface area contributed by atoms with Gasteiger partial charge < -0.3 is 0 Å². The van der Waals surface area contributed by atoms with E-state index in [1.54, 1.807) is 19.9 Å². The summed E-state index contributed by atoms with van der Waals surface area (Å²) in [6, 6.07) is 3.15. The first-order valence-electron chi connectivity index (χ1n) is 3.57. The van der Waals surface area contributed by atoms with Gasteiger partial charge in [0.25, 0.3) is 6.43 Å². The molecular weight excluding hydrogens is 182 g/mol. The molecule has 0 nitrogen and oxygen atoms in total. The molecule has 0 fully saturated rings. The van der Waals surface area contributed by atoms with Gasteiger partial charge >= 0.3 is 0 Å². The lowest BCUT2D eigenvalue weighted by Gasteiger charge is -2.07.